The number of thiazole rings is 1. The first-order valence-electron chi connectivity index (χ1n) is 8.75. The average Bonchev–Trinajstić information content (AvgIpc) is 3.07. The molecule has 1 amide bonds. The van der Waals surface area contributed by atoms with Gasteiger partial charge in [0.15, 0.2) is 4.34 Å². The van der Waals surface area contributed by atoms with E-state index in [1.54, 1.807) is 11.3 Å². The lowest BCUT2D eigenvalue weighted by Gasteiger charge is -2.19. The van der Waals surface area contributed by atoms with Crippen LogP contribution in [0.2, 0.25) is 0 Å². The summed E-state index contributed by atoms with van der Waals surface area (Å²) in [7, 11) is 0. The van der Waals surface area contributed by atoms with Crippen LogP contribution >= 0.6 is 23.1 Å². The zero-order valence-electron chi connectivity index (χ0n) is 15.9. The number of benzene rings is 2. The van der Waals surface area contributed by atoms with Crippen molar-refractivity contribution in [2.75, 3.05) is 5.75 Å². The largest absolute Gasteiger partial charge is 0.272 e. The minimum atomic E-state index is -0.134. The molecule has 0 fully saturated rings. The first kappa shape index (κ1) is 19.6. The lowest BCUT2D eigenvalue weighted by molar-refractivity contribution is -0.118. The SMILES string of the molecule is CC(=NNC(=O)CSc1nc2ccccc2s1)c1ccc(C(C)(C)C)cc1. The van der Waals surface area contributed by atoms with Gasteiger partial charge in [-0.15, -0.1) is 11.3 Å². The average molecular weight is 398 g/mol. The van der Waals surface area contributed by atoms with E-state index in [0.717, 1.165) is 25.8 Å². The van der Waals surface area contributed by atoms with E-state index in [-0.39, 0.29) is 11.3 Å². The normalized spacial score (nSPS) is 12.4. The maximum absolute atomic E-state index is 12.1. The smallest absolute Gasteiger partial charge is 0.250 e. The number of carbonyl (C=O) groups is 1. The van der Waals surface area contributed by atoms with Crippen molar-refractivity contribution in [2.45, 2.75) is 37.4 Å². The van der Waals surface area contributed by atoms with Gasteiger partial charge in [0.25, 0.3) is 5.91 Å². The highest BCUT2D eigenvalue weighted by Gasteiger charge is 2.13. The second kappa shape index (κ2) is 8.23. The fourth-order valence-corrected chi connectivity index (χ4v) is 4.36. The molecular weight excluding hydrogens is 374 g/mol. The molecule has 0 saturated carbocycles. The molecule has 0 atom stereocenters. The predicted molar refractivity (Wildman–Crippen MR) is 116 cm³/mol. The highest BCUT2D eigenvalue weighted by molar-refractivity contribution is 8.01. The highest BCUT2D eigenvalue weighted by Crippen LogP contribution is 2.29. The summed E-state index contributed by atoms with van der Waals surface area (Å²) in [6.45, 7) is 8.46. The zero-order chi connectivity index (χ0) is 19.4. The van der Waals surface area contributed by atoms with Gasteiger partial charge >= 0.3 is 0 Å². The van der Waals surface area contributed by atoms with Crippen molar-refractivity contribution in [3.05, 3.63) is 59.7 Å². The molecule has 27 heavy (non-hydrogen) atoms. The Morgan fingerprint density at radius 1 is 1.15 bits per heavy atom. The molecule has 0 aliphatic rings. The molecule has 0 unspecified atom stereocenters. The first-order valence-corrected chi connectivity index (χ1v) is 10.6. The molecule has 6 heteroatoms. The number of hydrazone groups is 1. The zero-order valence-corrected chi connectivity index (χ0v) is 17.6. The quantitative estimate of drug-likeness (QED) is 0.364. The third-order valence-corrected chi connectivity index (χ3v) is 6.30. The number of hydrogen-bond acceptors (Lipinski definition) is 5. The van der Waals surface area contributed by atoms with Crippen LogP contribution in [0.1, 0.15) is 38.8 Å². The van der Waals surface area contributed by atoms with Crippen molar-refractivity contribution in [3.8, 4) is 0 Å². The molecule has 0 saturated heterocycles. The van der Waals surface area contributed by atoms with Crippen molar-refractivity contribution in [1.29, 1.82) is 0 Å². The number of rotatable bonds is 5. The monoisotopic (exact) mass is 397 g/mol. The Labute approximate surface area is 168 Å². The van der Waals surface area contributed by atoms with Gasteiger partial charge in [-0.05, 0) is 35.6 Å². The van der Waals surface area contributed by atoms with E-state index < -0.39 is 0 Å². The van der Waals surface area contributed by atoms with Crippen LogP contribution in [-0.2, 0) is 10.2 Å². The third kappa shape index (κ3) is 5.17. The van der Waals surface area contributed by atoms with Crippen LogP contribution in [0, 0.1) is 0 Å². The molecule has 3 aromatic rings. The molecule has 3 rings (SSSR count). The molecule has 2 aromatic carbocycles. The Morgan fingerprint density at radius 2 is 1.85 bits per heavy atom. The van der Waals surface area contributed by atoms with Gasteiger partial charge in [0, 0.05) is 0 Å². The number of nitrogens with one attached hydrogen (secondary N) is 1. The number of aromatic nitrogens is 1. The minimum Gasteiger partial charge on any atom is -0.272 e. The molecular formula is C21H23N3OS2. The fourth-order valence-electron chi connectivity index (χ4n) is 2.49. The summed E-state index contributed by atoms with van der Waals surface area (Å²) in [6.07, 6.45) is 0. The van der Waals surface area contributed by atoms with Crippen LogP contribution in [-0.4, -0.2) is 22.4 Å². The van der Waals surface area contributed by atoms with Gasteiger partial charge in [-0.1, -0.05) is 68.9 Å². The number of carbonyl (C=O) groups excluding carboxylic acids is 1. The van der Waals surface area contributed by atoms with Gasteiger partial charge < -0.3 is 0 Å². The number of hydrogen-bond donors (Lipinski definition) is 1. The molecule has 140 valence electrons. The maximum atomic E-state index is 12.1. The Hall–Kier alpha value is -2.18. The lowest BCUT2D eigenvalue weighted by atomic mass is 9.86. The fraction of sp³-hybridized carbons (Fsp3) is 0.286. The van der Waals surface area contributed by atoms with Crippen molar-refractivity contribution >= 4 is 44.9 Å². The molecule has 0 aliphatic heterocycles. The number of para-hydroxylation sites is 1. The van der Waals surface area contributed by atoms with Gasteiger partial charge in [0.05, 0.1) is 21.7 Å². The van der Waals surface area contributed by atoms with Crippen molar-refractivity contribution < 1.29 is 4.79 Å². The van der Waals surface area contributed by atoms with Crippen LogP contribution < -0.4 is 5.43 Å². The molecule has 0 radical (unpaired) electrons. The second-order valence-electron chi connectivity index (χ2n) is 7.30. The summed E-state index contributed by atoms with van der Waals surface area (Å²) in [6, 6.07) is 16.3. The Bertz CT molecular complexity index is 936. The van der Waals surface area contributed by atoms with Crippen LogP contribution in [0.15, 0.2) is 58.0 Å². The minimum absolute atomic E-state index is 0.121. The number of thioether (sulfide) groups is 1. The topological polar surface area (TPSA) is 54.4 Å². The molecule has 0 spiro atoms. The molecule has 0 bridgehead atoms. The number of fused-ring (bicyclic) bond motifs is 1. The predicted octanol–water partition coefficient (Wildman–Crippen LogP) is 5.23. The molecule has 0 aliphatic carbocycles. The Balaban J connectivity index is 1.55. The van der Waals surface area contributed by atoms with E-state index in [0.29, 0.717) is 5.75 Å². The third-order valence-electron chi connectivity index (χ3n) is 4.12. The lowest BCUT2D eigenvalue weighted by Crippen LogP contribution is -2.21. The van der Waals surface area contributed by atoms with Crippen LogP contribution in [0.3, 0.4) is 0 Å². The Morgan fingerprint density at radius 3 is 2.52 bits per heavy atom. The van der Waals surface area contributed by atoms with E-state index in [2.05, 4.69) is 48.4 Å². The summed E-state index contributed by atoms with van der Waals surface area (Å²) < 4.78 is 2.03. The van der Waals surface area contributed by atoms with E-state index in [4.69, 9.17) is 0 Å². The summed E-state index contributed by atoms with van der Waals surface area (Å²) in [4.78, 5) is 16.6. The van der Waals surface area contributed by atoms with E-state index in [9.17, 15) is 4.79 Å². The van der Waals surface area contributed by atoms with Gasteiger partial charge in [-0.3, -0.25) is 4.79 Å². The standard InChI is InChI=1S/C21H23N3OS2/c1-14(15-9-11-16(12-10-15)21(2,3)4)23-24-19(25)13-26-20-22-17-7-5-6-8-18(17)27-20/h5-12H,13H2,1-4H3,(H,24,25). The molecule has 1 aromatic heterocycles. The van der Waals surface area contributed by atoms with E-state index in [1.807, 2.05) is 43.3 Å². The van der Waals surface area contributed by atoms with Gasteiger partial charge in [0.1, 0.15) is 0 Å². The highest BCUT2D eigenvalue weighted by atomic mass is 32.2. The summed E-state index contributed by atoms with van der Waals surface area (Å²) >= 11 is 3.03. The van der Waals surface area contributed by atoms with Crippen molar-refractivity contribution in [3.63, 3.8) is 0 Å². The number of nitrogens with zero attached hydrogens (tertiary/aromatic N) is 2. The first-order chi connectivity index (χ1) is 12.8. The van der Waals surface area contributed by atoms with E-state index in [1.165, 1.54) is 17.3 Å². The summed E-state index contributed by atoms with van der Waals surface area (Å²) in [5.74, 6) is 0.157. The van der Waals surface area contributed by atoms with Crippen LogP contribution in [0.5, 0.6) is 0 Å². The van der Waals surface area contributed by atoms with Crippen LogP contribution in [0.4, 0.5) is 0 Å². The molecule has 1 heterocycles. The number of amides is 1. The summed E-state index contributed by atoms with van der Waals surface area (Å²) in [5.41, 5.74) is 6.79. The van der Waals surface area contributed by atoms with Gasteiger partial charge in [-0.25, -0.2) is 10.4 Å². The second-order valence-corrected chi connectivity index (χ2v) is 9.55. The summed E-state index contributed by atoms with van der Waals surface area (Å²) in [5, 5.41) is 4.23. The maximum Gasteiger partial charge on any atom is 0.250 e. The van der Waals surface area contributed by atoms with Crippen molar-refractivity contribution in [1.82, 2.24) is 10.4 Å². The van der Waals surface area contributed by atoms with Crippen LogP contribution in [0.25, 0.3) is 10.2 Å². The van der Waals surface area contributed by atoms with Gasteiger partial charge in [-0.2, -0.15) is 5.10 Å². The van der Waals surface area contributed by atoms with Crippen molar-refractivity contribution in [2.24, 2.45) is 5.10 Å². The Kier molecular flexibility index (Phi) is 5.97. The van der Waals surface area contributed by atoms with Gasteiger partial charge in [0.2, 0.25) is 0 Å². The molecule has 4 nitrogen and oxygen atoms in total. The molecule has 1 N–H and O–H groups in total. The van der Waals surface area contributed by atoms with E-state index >= 15 is 0 Å².